The topological polar surface area (TPSA) is 89.7 Å². The van der Waals surface area contributed by atoms with Gasteiger partial charge in [0.1, 0.15) is 11.6 Å². The van der Waals surface area contributed by atoms with Crippen LogP contribution in [0.2, 0.25) is 0 Å². The lowest BCUT2D eigenvalue weighted by molar-refractivity contribution is -0.122. The molecule has 3 heterocycles. The molecule has 0 saturated carbocycles. The smallest absolute Gasteiger partial charge is 0.231 e. The quantitative estimate of drug-likeness (QED) is 0.412. The van der Waals surface area contributed by atoms with Crippen molar-refractivity contribution >= 4 is 11.7 Å². The first-order valence-corrected chi connectivity index (χ1v) is 12.3. The molecule has 0 fully saturated rings. The molecule has 1 atom stereocenters. The summed E-state index contributed by atoms with van der Waals surface area (Å²) in [5.74, 6) is 2.03. The lowest BCUT2D eigenvalue weighted by atomic mass is 9.93. The Hall–Kier alpha value is -3.94. The number of aromatic nitrogens is 6. The third kappa shape index (κ3) is 4.39. The molecule has 4 aromatic rings. The molecule has 0 N–H and O–H groups in total. The van der Waals surface area contributed by atoms with Crippen molar-refractivity contribution in [3.8, 4) is 22.5 Å². The summed E-state index contributed by atoms with van der Waals surface area (Å²) in [6, 6.07) is 16.4. The molecular formula is C28H31N7O. The van der Waals surface area contributed by atoms with E-state index in [0.717, 1.165) is 39.3 Å². The zero-order valence-electron chi connectivity index (χ0n) is 21.6. The van der Waals surface area contributed by atoms with Crippen molar-refractivity contribution in [1.29, 1.82) is 0 Å². The summed E-state index contributed by atoms with van der Waals surface area (Å²) in [5.41, 5.74) is 5.82. The van der Waals surface area contributed by atoms with Crippen LogP contribution in [-0.4, -0.2) is 36.1 Å². The van der Waals surface area contributed by atoms with Gasteiger partial charge in [-0.1, -0.05) is 55.5 Å². The summed E-state index contributed by atoms with van der Waals surface area (Å²) in [5, 5.41) is 13.2. The minimum absolute atomic E-state index is 0.0947. The summed E-state index contributed by atoms with van der Waals surface area (Å²) in [7, 11) is 0. The van der Waals surface area contributed by atoms with Crippen LogP contribution in [0.15, 0.2) is 48.5 Å². The van der Waals surface area contributed by atoms with Gasteiger partial charge in [0, 0.05) is 22.7 Å². The van der Waals surface area contributed by atoms with Crippen LogP contribution < -0.4 is 4.90 Å². The Kier molecular flexibility index (Phi) is 5.90. The highest BCUT2D eigenvalue weighted by Gasteiger charge is 2.33. The van der Waals surface area contributed by atoms with Crippen LogP contribution >= 0.6 is 0 Å². The number of hydrogen-bond donors (Lipinski definition) is 0. The second-order valence-corrected chi connectivity index (χ2v) is 10.5. The lowest BCUT2D eigenvalue weighted by Crippen LogP contribution is -2.41. The molecule has 5 rings (SSSR count). The number of tetrazole rings is 1. The predicted octanol–water partition coefficient (Wildman–Crippen LogP) is 4.89. The highest BCUT2D eigenvalue weighted by Crippen LogP contribution is 2.33. The van der Waals surface area contributed by atoms with Crippen molar-refractivity contribution in [2.45, 2.75) is 60.0 Å². The minimum atomic E-state index is -0.244. The van der Waals surface area contributed by atoms with E-state index in [-0.39, 0.29) is 17.4 Å². The first-order valence-electron chi connectivity index (χ1n) is 12.3. The van der Waals surface area contributed by atoms with Crippen LogP contribution in [0.1, 0.15) is 50.3 Å². The predicted molar refractivity (Wildman–Crippen MR) is 139 cm³/mol. The molecule has 0 saturated heterocycles. The maximum atomic E-state index is 13.1. The van der Waals surface area contributed by atoms with Crippen LogP contribution in [0.5, 0.6) is 0 Å². The Morgan fingerprint density at radius 3 is 2.33 bits per heavy atom. The summed E-state index contributed by atoms with van der Waals surface area (Å²) >= 11 is 0. The molecule has 0 bridgehead atoms. The Morgan fingerprint density at radius 1 is 0.972 bits per heavy atom. The number of benzene rings is 2. The summed E-state index contributed by atoms with van der Waals surface area (Å²) in [6.07, 6.45) is 0.681. The van der Waals surface area contributed by atoms with E-state index >= 15 is 0 Å². The van der Waals surface area contributed by atoms with E-state index < -0.39 is 0 Å². The number of anilines is 1. The largest absolute Gasteiger partial charge is 0.292 e. The number of amides is 1. The fourth-order valence-corrected chi connectivity index (χ4v) is 4.61. The number of carbonyl (C=O) groups excluding carboxylic acids is 1. The molecule has 8 heteroatoms. The van der Waals surface area contributed by atoms with Gasteiger partial charge >= 0.3 is 0 Å². The molecule has 1 unspecified atom stereocenters. The number of fused-ring (bicyclic) bond motifs is 1. The van der Waals surface area contributed by atoms with Gasteiger partial charge in [0.2, 0.25) is 11.7 Å². The van der Waals surface area contributed by atoms with Crippen LogP contribution in [0.25, 0.3) is 22.5 Å². The van der Waals surface area contributed by atoms with Crippen LogP contribution in [0.4, 0.5) is 5.82 Å². The molecule has 36 heavy (non-hydrogen) atoms. The maximum Gasteiger partial charge on any atom is 0.231 e. The maximum absolute atomic E-state index is 13.1. The second-order valence-electron chi connectivity index (χ2n) is 10.5. The van der Waals surface area contributed by atoms with Crippen LogP contribution in [0.3, 0.4) is 0 Å². The van der Waals surface area contributed by atoms with Crippen molar-refractivity contribution < 1.29 is 4.79 Å². The third-order valence-corrected chi connectivity index (χ3v) is 6.54. The fourth-order valence-electron chi connectivity index (χ4n) is 4.61. The zero-order valence-corrected chi connectivity index (χ0v) is 21.6. The third-order valence-electron chi connectivity index (χ3n) is 6.54. The van der Waals surface area contributed by atoms with E-state index in [1.807, 2.05) is 64.6 Å². The lowest BCUT2D eigenvalue weighted by Gasteiger charge is -2.32. The summed E-state index contributed by atoms with van der Waals surface area (Å²) in [6.45, 7) is 12.4. The van der Waals surface area contributed by atoms with Crippen LogP contribution in [-0.2, 0) is 23.3 Å². The van der Waals surface area contributed by atoms with Gasteiger partial charge in [-0.25, -0.2) is 9.97 Å². The monoisotopic (exact) mass is 481 g/mol. The number of carbonyl (C=O) groups is 1. The van der Waals surface area contributed by atoms with E-state index in [0.29, 0.717) is 24.6 Å². The van der Waals surface area contributed by atoms with E-state index in [1.165, 1.54) is 0 Å². The van der Waals surface area contributed by atoms with Gasteiger partial charge in [0.15, 0.2) is 0 Å². The van der Waals surface area contributed by atoms with Crippen LogP contribution in [0, 0.1) is 19.8 Å². The Balaban J connectivity index is 1.45. The molecule has 8 nitrogen and oxygen atoms in total. The van der Waals surface area contributed by atoms with Crippen molar-refractivity contribution in [1.82, 2.24) is 30.2 Å². The Morgan fingerprint density at radius 2 is 1.67 bits per heavy atom. The van der Waals surface area contributed by atoms with Crippen molar-refractivity contribution in [3.05, 3.63) is 71.2 Å². The van der Waals surface area contributed by atoms with Gasteiger partial charge < -0.3 is 0 Å². The second kappa shape index (κ2) is 8.93. The van der Waals surface area contributed by atoms with E-state index in [4.69, 9.17) is 0 Å². The van der Waals surface area contributed by atoms with Gasteiger partial charge in [-0.05, 0) is 62.9 Å². The number of hydrogen-bond acceptors (Lipinski definition) is 6. The van der Waals surface area contributed by atoms with Gasteiger partial charge in [-0.15, -0.1) is 10.2 Å². The van der Waals surface area contributed by atoms with Crippen molar-refractivity contribution in [2.75, 3.05) is 4.90 Å². The Bertz CT molecular complexity index is 1430. The van der Waals surface area contributed by atoms with Crippen molar-refractivity contribution in [2.24, 2.45) is 5.92 Å². The van der Waals surface area contributed by atoms with Gasteiger partial charge in [0.25, 0.3) is 0 Å². The SMILES string of the molecule is Cc1nc(C)c2c(n1)N(Cc1ccc(-c3ccccc3-c3nnn(C(C)(C)C)n3)cc1)C(=O)C(C)C2. The normalized spacial score (nSPS) is 15.8. The number of rotatable bonds is 4. The highest BCUT2D eigenvalue weighted by molar-refractivity contribution is 5.97. The summed E-state index contributed by atoms with van der Waals surface area (Å²) < 4.78 is 0. The summed E-state index contributed by atoms with van der Waals surface area (Å²) in [4.78, 5) is 25.7. The van der Waals surface area contributed by atoms with E-state index in [9.17, 15) is 4.79 Å². The highest BCUT2D eigenvalue weighted by atomic mass is 16.2. The average Bonchev–Trinajstić information content (AvgIpc) is 3.34. The Labute approximate surface area is 211 Å². The molecule has 2 aromatic heterocycles. The van der Waals surface area contributed by atoms with Gasteiger partial charge in [-0.3, -0.25) is 9.69 Å². The number of nitrogens with zero attached hydrogens (tertiary/aromatic N) is 7. The van der Waals surface area contributed by atoms with Gasteiger partial charge in [-0.2, -0.15) is 4.80 Å². The fraction of sp³-hybridized carbons (Fsp3) is 0.357. The average molecular weight is 482 g/mol. The first kappa shape index (κ1) is 23.8. The molecular weight excluding hydrogens is 450 g/mol. The van der Waals surface area contributed by atoms with Crippen molar-refractivity contribution in [3.63, 3.8) is 0 Å². The molecule has 0 aliphatic carbocycles. The molecule has 0 spiro atoms. The molecule has 1 aliphatic heterocycles. The van der Waals surface area contributed by atoms with E-state index in [2.05, 4.69) is 55.7 Å². The molecule has 2 aromatic carbocycles. The minimum Gasteiger partial charge on any atom is -0.292 e. The number of aryl methyl sites for hydroxylation is 2. The molecule has 184 valence electrons. The standard InChI is InChI=1S/C28H31N7O/c1-17-15-24-18(2)29-19(3)30-26(24)34(27(17)36)16-20-11-13-21(14-12-20)22-9-7-8-10-23(22)25-31-33-35(32-25)28(4,5)6/h7-14,17H,15-16H2,1-6H3. The molecule has 1 amide bonds. The first-order chi connectivity index (χ1) is 17.1. The zero-order chi connectivity index (χ0) is 25.6. The molecule has 1 aliphatic rings. The van der Waals surface area contributed by atoms with E-state index in [1.54, 1.807) is 4.80 Å². The molecule has 0 radical (unpaired) electrons. The van der Waals surface area contributed by atoms with Gasteiger partial charge in [0.05, 0.1) is 12.1 Å².